The molecule has 1 unspecified atom stereocenters. The summed E-state index contributed by atoms with van der Waals surface area (Å²) in [5.74, 6) is 2.76. The minimum atomic E-state index is -3.32. The molecule has 0 spiro atoms. The van der Waals surface area contributed by atoms with Crippen LogP contribution >= 0.6 is 0 Å². The minimum absolute atomic E-state index is 0.212. The largest absolute Gasteiger partial charge is 0.301 e. The SMILES string of the molecule is C#CC1(CCCOS(C)(=O)=O)CCCN1. The summed E-state index contributed by atoms with van der Waals surface area (Å²) in [5, 5.41) is 3.28. The van der Waals surface area contributed by atoms with Gasteiger partial charge >= 0.3 is 0 Å². The number of terminal acetylenes is 1. The Bertz CT molecular complexity index is 336. The van der Waals surface area contributed by atoms with E-state index in [2.05, 4.69) is 15.4 Å². The van der Waals surface area contributed by atoms with E-state index >= 15 is 0 Å². The second-order valence-corrected chi connectivity index (χ2v) is 5.53. The van der Waals surface area contributed by atoms with Crippen LogP contribution in [0, 0.1) is 12.3 Å². The van der Waals surface area contributed by atoms with E-state index in [0.29, 0.717) is 6.42 Å². The quantitative estimate of drug-likeness (QED) is 0.425. The Morgan fingerprint density at radius 2 is 2.33 bits per heavy atom. The zero-order valence-electron chi connectivity index (χ0n) is 8.95. The van der Waals surface area contributed by atoms with Gasteiger partial charge in [-0.2, -0.15) is 8.42 Å². The van der Waals surface area contributed by atoms with Crippen LogP contribution in [0.3, 0.4) is 0 Å². The highest BCUT2D eigenvalue weighted by Crippen LogP contribution is 2.23. The lowest BCUT2D eigenvalue weighted by molar-refractivity contribution is 0.293. The van der Waals surface area contributed by atoms with Gasteiger partial charge in [0, 0.05) is 0 Å². The van der Waals surface area contributed by atoms with Gasteiger partial charge in [-0.05, 0) is 32.2 Å². The summed E-state index contributed by atoms with van der Waals surface area (Å²) in [7, 11) is -3.32. The zero-order valence-corrected chi connectivity index (χ0v) is 9.77. The maximum Gasteiger partial charge on any atom is 0.264 e. The van der Waals surface area contributed by atoms with Gasteiger partial charge in [0.1, 0.15) is 0 Å². The maximum absolute atomic E-state index is 10.7. The number of hydrogen-bond donors (Lipinski definition) is 1. The molecule has 0 aromatic rings. The molecule has 15 heavy (non-hydrogen) atoms. The zero-order chi connectivity index (χ0) is 11.4. The third-order valence-corrected chi connectivity index (χ3v) is 3.16. The van der Waals surface area contributed by atoms with Crippen molar-refractivity contribution in [2.24, 2.45) is 0 Å². The summed E-state index contributed by atoms with van der Waals surface area (Å²) in [6, 6.07) is 0. The van der Waals surface area contributed by atoms with Crippen LogP contribution in [0.2, 0.25) is 0 Å². The third-order valence-electron chi connectivity index (χ3n) is 2.57. The Hall–Kier alpha value is -0.570. The molecular weight excluding hydrogens is 214 g/mol. The Morgan fingerprint density at radius 1 is 1.60 bits per heavy atom. The highest BCUT2D eigenvalue weighted by atomic mass is 32.2. The van der Waals surface area contributed by atoms with Crippen LogP contribution in [0.15, 0.2) is 0 Å². The first-order valence-electron chi connectivity index (χ1n) is 5.05. The van der Waals surface area contributed by atoms with Crippen LogP contribution in [-0.2, 0) is 14.3 Å². The monoisotopic (exact) mass is 231 g/mol. The smallest absolute Gasteiger partial charge is 0.264 e. The Morgan fingerprint density at radius 3 is 2.80 bits per heavy atom. The van der Waals surface area contributed by atoms with E-state index in [1.54, 1.807) is 0 Å². The van der Waals surface area contributed by atoms with Gasteiger partial charge in [0.15, 0.2) is 0 Å². The molecule has 1 N–H and O–H groups in total. The van der Waals surface area contributed by atoms with E-state index in [1.807, 2.05) is 0 Å². The molecule has 0 radical (unpaired) electrons. The van der Waals surface area contributed by atoms with Crippen LogP contribution in [0.1, 0.15) is 25.7 Å². The van der Waals surface area contributed by atoms with Gasteiger partial charge < -0.3 is 5.32 Å². The van der Waals surface area contributed by atoms with Gasteiger partial charge in [-0.15, -0.1) is 6.42 Å². The van der Waals surface area contributed by atoms with Crippen molar-refractivity contribution in [2.45, 2.75) is 31.2 Å². The van der Waals surface area contributed by atoms with Crippen molar-refractivity contribution in [3.63, 3.8) is 0 Å². The summed E-state index contributed by atoms with van der Waals surface area (Å²) in [5.41, 5.74) is -0.235. The highest BCUT2D eigenvalue weighted by molar-refractivity contribution is 7.85. The van der Waals surface area contributed by atoms with Gasteiger partial charge in [0.05, 0.1) is 18.4 Å². The van der Waals surface area contributed by atoms with Crippen LogP contribution in [0.5, 0.6) is 0 Å². The first kappa shape index (κ1) is 12.5. The number of rotatable bonds is 5. The molecule has 0 amide bonds. The van der Waals surface area contributed by atoms with E-state index in [0.717, 1.165) is 32.1 Å². The second-order valence-electron chi connectivity index (χ2n) is 3.89. The lowest BCUT2D eigenvalue weighted by Gasteiger charge is -2.22. The van der Waals surface area contributed by atoms with E-state index in [-0.39, 0.29) is 12.1 Å². The molecule has 5 heteroatoms. The Kier molecular flexibility index (Phi) is 4.14. The minimum Gasteiger partial charge on any atom is -0.301 e. The molecule has 1 aliphatic heterocycles. The predicted octanol–water partition coefficient (Wildman–Crippen LogP) is 0.498. The van der Waals surface area contributed by atoms with E-state index in [1.165, 1.54) is 0 Å². The highest BCUT2D eigenvalue weighted by Gasteiger charge is 2.30. The summed E-state index contributed by atoms with van der Waals surface area (Å²) < 4.78 is 26.1. The summed E-state index contributed by atoms with van der Waals surface area (Å²) in [6.07, 6.45) is 9.98. The van der Waals surface area contributed by atoms with Crippen LogP contribution in [0.25, 0.3) is 0 Å². The molecule has 0 aromatic heterocycles. The molecule has 1 rings (SSSR count). The topological polar surface area (TPSA) is 55.4 Å². The first-order valence-corrected chi connectivity index (χ1v) is 6.86. The molecule has 0 aromatic carbocycles. The van der Waals surface area contributed by atoms with Gasteiger partial charge in [-0.1, -0.05) is 5.92 Å². The fraction of sp³-hybridized carbons (Fsp3) is 0.800. The molecule has 86 valence electrons. The lowest BCUT2D eigenvalue weighted by Crippen LogP contribution is -2.38. The van der Waals surface area contributed by atoms with Gasteiger partial charge in [0.2, 0.25) is 0 Å². The van der Waals surface area contributed by atoms with Gasteiger partial charge in [-0.25, -0.2) is 0 Å². The standard InChI is InChI=1S/C10H17NO3S/c1-3-10(6-4-8-11-10)7-5-9-14-15(2,12)13/h1,11H,4-9H2,2H3. The van der Waals surface area contributed by atoms with Crippen molar-refractivity contribution in [1.29, 1.82) is 0 Å². The van der Waals surface area contributed by atoms with Crippen molar-refractivity contribution in [3.05, 3.63) is 0 Å². The predicted molar refractivity (Wildman–Crippen MR) is 58.8 cm³/mol. The average molecular weight is 231 g/mol. The molecule has 1 aliphatic rings. The van der Waals surface area contributed by atoms with E-state index in [9.17, 15) is 8.42 Å². The Labute approximate surface area is 91.5 Å². The molecule has 1 heterocycles. The van der Waals surface area contributed by atoms with Gasteiger partial charge in [-0.3, -0.25) is 4.18 Å². The Balaban J connectivity index is 2.28. The first-order chi connectivity index (χ1) is 6.97. The van der Waals surface area contributed by atoms with Crippen molar-refractivity contribution in [1.82, 2.24) is 5.32 Å². The second kappa shape index (κ2) is 4.97. The van der Waals surface area contributed by atoms with Crippen molar-refractivity contribution < 1.29 is 12.6 Å². The normalized spacial score (nSPS) is 26.4. The van der Waals surface area contributed by atoms with Gasteiger partial charge in [0.25, 0.3) is 10.1 Å². The van der Waals surface area contributed by atoms with Crippen LogP contribution < -0.4 is 5.32 Å². The summed E-state index contributed by atoms with van der Waals surface area (Å²) in [4.78, 5) is 0. The third kappa shape index (κ3) is 4.20. The molecule has 0 saturated carbocycles. The summed E-state index contributed by atoms with van der Waals surface area (Å²) in [6.45, 7) is 1.15. The summed E-state index contributed by atoms with van der Waals surface area (Å²) >= 11 is 0. The number of nitrogens with one attached hydrogen (secondary N) is 1. The molecule has 4 nitrogen and oxygen atoms in total. The fourth-order valence-corrected chi connectivity index (χ4v) is 2.22. The molecule has 1 fully saturated rings. The fourth-order valence-electron chi connectivity index (χ4n) is 1.80. The molecule has 0 bridgehead atoms. The van der Waals surface area contributed by atoms with Crippen molar-refractivity contribution in [3.8, 4) is 12.3 Å². The molecular formula is C10H17NO3S. The molecule has 0 aliphatic carbocycles. The number of hydrogen-bond acceptors (Lipinski definition) is 4. The van der Waals surface area contributed by atoms with Crippen molar-refractivity contribution >= 4 is 10.1 Å². The maximum atomic E-state index is 10.7. The van der Waals surface area contributed by atoms with Crippen molar-refractivity contribution in [2.75, 3.05) is 19.4 Å². The van der Waals surface area contributed by atoms with Crippen LogP contribution in [-0.4, -0.2) is 33.4 Å². The van der Waals surface area contributed by atoms with Crippen LogP contribution in [0.4, 0.5) is 0 Å². The molecule has 1 saturated heterocycles. The average Bonchev–Trinajstić information content (AvgIpc) is 2.60. The van der Waals surface area contributed by atoms with E-state index < -0.39 is 10.1 Å². The van der Waals surface area contributed by atoms with E-state index in [4.69, 9.17) is 6.42 Å². The lowest BCUT2D eigenvalue weighted by atomic mass is 9.93. The molecule has 1 atom stereocenters.